The summed E-state index contributed by atoms with van der Waals surface area (Å²) in [7, 11) is 2.01. The molecule has 1 saturated heterocycles. The van der Waals surface area contributed by atoms with Crippen molar-refractivity contribution in [3.63, 3.8) is 0 Å². The number of nitrogens with zero attached hydrogens (tertiary/aromatic N) is 1. The molecular formula is C12H23NO2S. The number of carbonyl (C=O) groups excluding carboxylic acids is 1. The second-order valence-electron chi connectivity index (χ2n) is 4.63. The van der Waals surface area contributed by atoms with Crippen LogP contribution in [0.25, 0.3) is 0 Å². The number of hydrogen-bond acceptors (Lipinski definition) is 4. The Hall–Kier alpha value is -0.220. The van der Waals surface area contributed by atoms with Crippen LogP contribution in [0.1, 0.15) is 26.7 Å². The third-order valence-electron chi connectivity index (χ3n) is 3.13. The van der Waals surface area contributed by atoms with Crippen LogP contribution in [0.2, 0.25) is 0 Å². The average molecular weight is 245 g/mol. The molecular weight excluding hydrogens is 222 g/mol. The Balaban J connectivity index is 2.17. The van der Waals surface area contributed by atoms with Crippen LogP contribution in [-0.2, 0) is 9.53 Å². The zero-order valence-electron chi connectivity index (χ0n) is 10.6. The van der Waals surface area contributed by atoms with Crippen LogP contribution in [0.5, 0.6) is 0 Å². The first-order valence-corrected chi connectivity index (χ1v) is 7.22. The molecule has 0 aromatic carbocycles. The van der Waals surface area contributed by atoms with Gasteiger partial charge in [0.15, 0.2) is 0 Å². The lowest BCUT2D eigenvalue weighted by Gasteiger charge is -2.22. The summed E-state index contributed by atoms with van der Waals surface area (Å²) in [6, 6.07) is 0.557. The zero-order valence-corrected chi connectivity index (χ0v) is 11.4. The molecule has 4 heteroatoms. The summed E-state index contributed by atoms with van der Waals surface area (Å²) in [5, 5.41) is 0. The second kappa shape index (κ2) is 7.17. The lowest BCUT2D eigenvalue weighted by atomic mass is 10.1. The van der Waals surface area contributed by atoms with Gasteiger partial charge in [0.1, 0.15) is 0 Å². The van der Waals surface area contributed by atoms with Crippen LogP contribution in [0, 0.1) is 5.92 Å². The number of thioether (sulfide) groups is 1. The van der Waals surface area contributed by atoms with E-state index >= 15 is 0 Å². The Labute approximate surface area is 103 Å². The van der Waals surface area contributed by atoms with Gasteiger partial charge in [-0.2, -0.15) is 11.8 Å². The summed E-state index contributed by atoms with van der Waals surface area (Å²) in [6.45, 7) is 5.20. The monoisotopic (exact) mass is 245 g/mol. The summed E-state index contributed by atoms with van der Waals surface area (Å²) in [5.41, 5.74) is 0. The molecule has 0 aliphatic carbocycles. The van der Waals surface area contributed by atoms with Gasteiger partial charge in [-0.1, -0.05) is 20.3 Å². The molecule has 16 heavy (non-hydrogen) atoms. The van der Waals surface area contributed by atoms with Gasteiger partial charge in [-0.25, -0.2) is 0 Å². The molecule has 0 unspecified atom stereocenters. The van der Waals surface area contributed by atoms with Gasteiger partial charge >= 0.3 is 5.97 Å². The molecule has 0 bridgehead atoms. The Bertz CT molecular complexity index is 217. The molecule has 0 N–H and O–H groups in total. The molecule has 0 saturated carbocycles. The van der Waals surface area contributed by atoms with Crippen molar-refractivity contribution in [1.82, 2.24) is 4.90 Å². The highest BCUT2D eigenvalue weighted by Gasteiger charge is 2.22. The standard InChI is InChI=1S/C12H23NO2S/c1-4-10(2)8-15-12(14)7-13(3)11-5-6-16-9-11/h10-11H,4-9H2,1-3H3/t10-,11-/m1/s1. The maximum atomic E-state index is 11.6. The van der Waals surface area contributed by atoms with Gasteiger partial charge in [0.25, 0.3) is 0 Å². The van der Waals surface area contributed by atoms with Gasteiger partial charge in [0, 0.05) is 11.8 Å². The molecule has 1 fully saturated rings. The van der Waals surface area contributed by atoms with Crippen molar-refractivity contribution in [2.75, 3.05) is 31.7 Å². The number of hydrogen-bond donors (Lipinski definition) is 0. The van der Waals surface area contributed by atoms with E-state index in [1.54, 1.807) is 0 Å². The largest absolute Gasteiger partial charge is 0.464 e. The molecule has 1 aliphatic rings. The fraction of sp³-hybridized carbons (Fsp3) is 0.917. The Morgan fingerprint density at radius 3 is 2.94 bits per heavy atom. The van der Waals surface area contributed by atoms with E-state index in [4.69, 9.17) is 4.74 Å². The van der Waals surface area contributed by atoms with E-state index in [1.165, 1.54) is 12.2 Å². The minimum atomic E-state index is -0.0836. The fourth-order valence-electron chi connectivity index (χ4n) is 1.60. The summed E-state index contributed by atoms with van der Waals surface area (Å²) in [5.74, 6) is 2.75. The van der Waals surface area contributed by atoms with E-state index in [2.05, 4.69) is 18.7 Å². The van der Waals surface area contributed by atoms with Crippen LogP contribution < -0.4 is 0 Å². The summed E-state index contributed by atoms with van der Waals surface area (Å²) < 4.78 is 5.24. The highest BCUT2D eigenvalue weighted by atomic mass is 32.2. The molecule has 1 aliphatic heterocycles. The minimum absolute atomic E-state index is 0.0836. The van der Waals surface area contributed by atoms with Crippen molar-refractivity contribution in [2.45, 2.75) is 32.7 Å². The molecule has 94 valence electrons. The van der Waals surface area contributed by atoms with Gasteiger partial charge in [0.05, 0.1) is 13.2 Å². The quantitative estimate of drug-likeness (QED) is 0.670. The van der Waals surface area contributed by atoms with E-state index in [0.29, 0.717) is 25.1 Å². The summed E-state index contributed by atoms with van der Waals surface area (Å²) >= 11 is 1.97. The predicted octanol–water partition coefficient (Wildman–Crippen LogP) is 2.01. The van der Waals surface area contributed by atoms with E-state index < -0.39 is 0 Å². The van der Waals surface area contributed by atoms with E-state index in [9.17, 15) is 4.79 Å². The van der Waals surface area contributed by atoms with Crippen LogP contribution in [0.15, 0.2) is 0 Å². The molecule has 1 rings (SSSR count). The first-order valence-electron chi connectivity index (χ1n) is 6.07. The van der Waals surface area contributed by atoms with Gasteiger partial charge in [-0.15, -0.1) is 0 Å². The lowest BCUT2D eigenvalue weighted by molar-refractivity contribution is -0.146. The maximum Gasteiger partial charge on any atom is 0.320 e. The molecule has 0 aromatic rings. The third-order valence-corrected chi connectivity index (χ3v) is 4.28. The third kappa shape index (κ3) is 4.74. The number of esters is 1. The Kier molecular flexibility index (Phi) is 6.21. The summed E-state index contributed by atoms with van der Waals surface area (Å²) in [6.07, 6.45) is 2.25. The van der Waals surface area contributed by atoms with Crippen LogP contribution in [-0.4, -0.2) is 48.6 Å². The number of likely N-dealkylation sites (N-methyl/N-ethyl adjacent to an activating group) is 1. The zero-order chi connectivity index (χ0) is 12.0. The minimum Gasteiger partial charge on any atom is -0.464 e. The lowest BCUT2D eigenvalue weighted by Crippen LogP contribution is -2.36. The molecule has 0 radical (unpaired) electrons. The van der Waals surface area contributed by atoms with E-state index in [-0.39, 0.29) is 5.97 Å². The molecule has 1 heterocycles. The number of carbonyl (C=O) groups is 1. The first-order chi connectivity index (χ1) is 7.63. The maximum absolute atomic E-state index is 11.6. The Morgan fingerprint density at radius 1 is 1.62 bits per heavy atom. The van der Waals surface area contributed by atoms with Crippen LogP contribution >= 0.6 is 11.8 Å². The molecule has 0 spiro atoms. The van der Waals surface area contributed by atoms with Crippen molar-refractivity contribution in [3.8, 4) is 0 Å². The Morgan fingerprint density at radius 2 is 2.38 bits per heavy atom. The van der Waals surface area contributed by atoms with Gasteiger partial charge < -0.3 is 4.74 Å². The van der Waals surface area contributed by atoms with Gasteiger partial charge in [0.2, 0.25) is 0 Å². The van der Waals surface area contributed by atoms with Crippen molar-refractivity contribution in [1.29, 1.82) is 0 Å². The summed E-state index contributed by atoms with van der Waals surface area (Å²) in [4.78, 5) is 13.7. The smallest absolute Gasteiger partial charge is 0.320 e. The number of rotatable bonds is 6. The van der Waals surface area contributed by atoms with Gasteiger partial charge in [-0.05, 0) is 25.1 Å². The highest BCUT2D eigenvalue weighted by Crippen LogP contribution is 2.21. The highest BCUT2D eigenvalue weighted by molar-refractivity contribution is 7.99. The van der Waals surface area contributed by atoms with Crippen LogP contribution in [0.3, 0.4) is 0 Å². The first kappa shape index (κ1) is 13.8. The predicted molar refractivity (Wildman–Crippen MR) is 68.8 cm³/mol. The van der Waals surface area contributed by atoms with Crippen molar-refractivity contribution < 1.29 is 9.53 Å². The second-order valence-corrected chi connectivity index (χ2v) is 5.78. The number of ether oxygens (including phenoxy) is 1. The van der Waals surface area contributed by atoms with E-state index in [0.717, 1.165) is 12.2 Å². The molecule has 2 atom stereocenters. The van der Waals surface area contributed by atoms with Crippen molar-refractivity contribution >= 4 is 17.7 Å². The van der Waals surface area contributed by atoms with Gasteiger partial charge in [-0.3, -0.25) is 9.69 Å². The average Bonchev–Trinajstić information content (AvgIpc) is 2.79. The van der Waals surface area contributed by atoms with E-state index in [1.807, 2.05) is 18.8 Å². The van der Waals surface area contributed by atoms with Crippen molar-refractivity contribution in [2.24, 2.45) is 5.92 Å². The molecule has 3 nitrogen and oxygen atoms in total. The van der Waals surface area contributed by atoms with Crippen molar-refractivity contribution in [3.05, 3.63) is 0 Å². The fourth-order valence-corrected chi connectivity index (χ4v) is 2.90. The molecule has 0 amide bonds. The SMILES string of the molecule is CC[C@@H](C)COC(=O)CN(C)[C@@H]1CCSC1. The van der Waals surface area contributed by atoms with Crippen LogP contribution in [0.4, 0.5) is 0 Å². The topological polar surface area (TPSA) is 29.5 Å². The normalized spacial score (nSPS) is 22.4. The molecule has 0 aromatic heterocycles.